The second kappa shape index (κ2) is 11.3. The summed E-state index contributed by atoms with van der Waals surface area (Å²) in [5.41, 5.74) is 2.04. The molecular formula is C22H29IN6O2. The summed E-state index contributed by atoms with van der Waals surface area (Å²) >= 11 is 0. The standard InChI is InChI=1S/C22H28N6O2.HI/c1-23-22(26-18-14-20(29)28(16-18)19-7-3-2-4-8-19)25-15-17-6-5-9-24-21(17)27-10-12-30-13-11-27;/h2-9,18H,10-16H2,1H3,(H2,23,25,26);1H. The predicted octanol–water partition coefficient (Wildman–Crippen LogP) is 2.01. The van der Waals surface area contributed by atoms with Crippen LogP contribution < -0.4 is 20.4 Å². The van der Waals surface area contributed by atoms with Crippen LogP contribution in [0.1, 0.15) is 12.0 Å². The van der Waals surface area contributed by atoms with Gasteiger partial charge in [-0.05, 0) is 18.2 Å². The first-order valence-corrected chi connectivity index (χ1v) is 10.3. The number of morpholine rings is 1. The lowest BCUT2D eigenvalue weighted by atomic mass is 10.2. The summed E-state index contributed by atoms with van der Waals surface area (Å²) < 4.78 is 5.45. The average molecular weight is 536 g/mol. The number of pyridine rings is 1. The molecule has 0 bridgehead atoms. The minimum atomic E-state index is 0. The number of ether oxygens (including phenoxy) is 1. The van der Waals surface area contributed by atoms with E-state index in [0.29, 0.717) is 25.5 Å². The van der Waals surface area contributed by atoms with Crippen molar-refractivity contribution in [3.8, 4) is 0 Å². The summed E-state index contributed by atoms with van der Waals surface area (Å²) in [5, 5.41) is 6.76. The zero-order valence-corrected chi connectivity index (χ0v) is 20.0. The molecule has 4 rings (SSSR count). The van der Waals surface area contributed by atoms with Gasteiger partial charge in [0, 0.05) is 57.1 Å². The third-order valence-electron chi connectivity index (χ3n) is 5.38. The Bertz CT molecular complexity index is 889. The Hall–Kier alpha value is -2.40. The number of amides is 1. The van der Waals surface area contributed by atoms with Gasteiger partial charge < -0.3 is 25.2 Å². The Labute approximate surface area is 200 Å². The molecule has 2 saturated heterocycles. The van der Waals surface area contributed by atoms with Crippen molar-refractivity contribution in [3.63, 3.8) is 0 Å². The van der Waals surface area contributed by atoms with Crippen molar-refractivity contribution >= 4 is 47.3 Å². The molecule has 2 N–H and O–H groups in total. The molecule has 0 aliphatic carbocycles. The average Bonchev–Trinajstić information content (AvgIpc) is 3.18. The maximum atomic E-state index is 12.5. The molecule has 3 heterocycles. The zero-order chi connectivity index (χ0) is 20.8. The van der Waals surface area contributed by atoms with Gasteiger partial charge in [-0.2, -0.15) is 0 Å². The number of rotatable bonds is 5. The van der Waals surface area contributed by atoms with Gasteiger partial charge in [0.1, 0.15) is 5.82 Å². The van der Waals surface area contributed by atoms with E-state index in [1.54, 1.807) is 7.05 Å². The highest BCUT2D eigenvalue weighted by Gasteiger charge is 2.31. The normalized spacial score (nSPS) is 19.2. The zero-order valence-electron chi connectivity index (χ0n) is 17.7. The van der Waals surface area contributed by atoms with Gasteiger partial charge in [0.15, 0.2) is 5.96 Å². The third kappa shape index (κ3) is 5.85. The number of hydrogen-bond acceptors (Lipinski definition) is 5. The number of benzene rings is 1. The van der Waals surface area contributed by atoms with E-state index in [1.807, 2.05) is 47.5 Å². The summed E-state index contributed by atoms with van der Waals surface area (Å²) in [6.07, 6.45) is 2.27. The summed E-state index contributed by atoms with van der Waals surface area (Å²) in [4.78, 5) is 25.5. The summed E-state index contributed by atoms with van der Waals surface area (Å²) in [6.45, 7) is 4.35. The molecule has 1 unspecified atom stereocenters. The van der Waals surface area contributed by atoms with Crippen LogP contribution in [0.15, 0.2) is 53.7 Å². The number of para-hydroxylation sites is 1. The van der Waals surface area contributed by atoms with Gasteiger partial charge in [0.25, 0.3) is 0 Å². The molecule has 0 spiro atoms. The van der Waals surface area contributed by atoms with Crippen molar-refractivity contribution in [1.82, 2.24) is 15.6 Å². The highest BCUT2D eigenvalue weighted by Crippen LogP contribution is 2.21. The van der Waals surface area contributed by atoms with E-state index in [2.05, 4.69) is 31.6 Å². The van der Waals surface area contributed by atoms with Gasteiger partial charge in [-0.3, -0.25) is 9.79 Å². The van der Waals surface area contributed by atoms with Crippen molar-refractivity contribution in [2.24, 2.45) is 4.99 Å². The fourth-order valence-electron chi connectivity index (χ4n) is 3.86. The molecule has 166 valence electrons. The van der Waals surface area contributed by atoms with Crippen LogP contribution in [0.25, 0.3) is 0 Å². The van der Waals surface area contributed by atoms with E-state index in [9.17, 15) is 4.79 Å². The summed E-state index contributed by atoms with van der Waals surface area (Å²) in [7, 11) is 1.74. The molecule has 2 aliphatic heterocycles. The number of nitrogens with one attached hydrogen (secondary N) is 2. The van der Waals surface area contributed by atoms with Crippen molar-refractivity contribution in [2.75, 3.05) is 49.7 Å². The molecule has 1 amide bonds. The minimum Gasteiger partial charge on any atom is -0.378 e. The number of aliphatic imine (C=N–C) groups is 1. The fourth-order valence-corrected chi connectivity index (χ4v) is 3.86. The van der Waals surface area contributed by atoms with Gasteiger partial charge in [-0.15, -0.1) is 24.0 Å². The molecule has 1 aromatic carbocycles. The van der Waals surface area contributed by atoms with Crippen molar-refractivity contribution in [2.45, 2.75) is 19.0 Å². The van der Waals surface area contributed by atoms with Crippen LogP contribution >= 0.6 is 24.0 Å². The van der Waals surface area contributed by atoms with E-state index in [-0.39, 0.29) is 35.9 Å². The number of nitrogens with zero attached hydrogens (tertiary/aromatic N) is 4. The third-order valence-corrected chi connectivity index (χ3v) is 5.38. The molecule has 31 heavy (non-hydrogen) atoms. The van der Waals surface area contributed by atoms with Gasteiger partial charge in [0.05, 0.1) is 19.3 Å². The van der Waals surface area contributed by atoms with Gasteiger partial charge in [-0.25, -0.2) is 4.98 Å². The maximum absolute atomic E-state index is 12.5. The van der Waals surface area contributed by atoms with E-state index >= 15 is 0 Å². The first-order valence-electron chi connectivity index (χ1n) is 10.3. The lowest BCUT2D eigenvalue weighted by Crippen LogP contribution is -2.44. The number of guanidine groups is 1. The highest BCUT2D eigenvalue weighted by atomic mass is 127. The van der Waals surface area contributed by atoms with Crippen LogP contribution in [0.2, 0.25) is 0 Å². The largest absolute Gasteiger partial charge is 0.378 e. The highest BCUT2D eigenvalue weighted by molar-refractivity contribution is 14.0. The Morgan fingerprint density at radius 1 is 1.19 bits per heavy atom. The Kier molecular flexibility index (Phi) is 8.47. The molecule has 2 aliphatic rings. The van der Waals surface area contributed by atoms with E-state index < -0.39 is 0 Å². The van der Waals surface area contributed by atoms with E-state index in [0.717, 1.165) is 43.4 Å². The first-order chi connectivity index (χ1) is 14.7. The Morgan fingerprint density at radius 3 is 2.71 bits per heavy atom. The van der Waals surface area contributed by atoms with Crippen molar-refractivity contribution in [1.29, 1.82) is 0 Å². The predicted molar refractivity (Wildman–Crippen MR) is 133 cm³/mol. The molecule has 2 aromatic rings. The summed E-state index contributed by atoms with van der Waals surface area (Å²) in [5.74, 6) is 1.78. The van der Waals surface area contributed by atoms with Crippen LogP contribution in [0.5, 0.6) is 0 Å². The molecular weight excluding hydrogens is 507 g/mol. The Morgan fingerprint density at radius 2 is 1.97 bits per heavy atom. The van der Waals surface area contributed by atoms with Crippen LogP contribution in [0.3, 0.4) is 0 Å². The number of aromatic nitrogens is 1. The molecule has 0 saturated carbocycles. The second-order valence-electron chi connectivity index (χ2n) is 7.40. The number of anilines is 2. The van der Waals surface area contributed by atoms with Crippen molar-refractivity contribution < 1.29 is 9.53 Å². The van der Waals surface area contributed by atoms with Gasteiger partial charge in [-0.1, -0.05) is 24.3 Å². The monoisotopic (exact) mass is 536 g/mol. The van der Waals surface area contributed by atoms with Crippen LogP contribution in [-0.4, -0.2) is 62.8 Å². The lowest BCUT2D eigenvalue weighted by Gasteiger charge is -2.29. The fraction of sp³-hybridized carbons (Fsp3) is 0.409. The molecule has 9 heteroatoms. The maximum Gasteiger partial charge on any atom is 0.229 e. The lowest BCUT2D eigenvalue weighted by molar-refractivity contribution is -0.117. The van der Waals surface area contributed by atoms with Crippen LogP contribution in [0, 0.1) is 0 Å². The first kappa shape index (κ1) is 23.3. The van der Waals surface area contributed by atoms with E-state index in [1.165, 1.54) is 0 Å². The number of hydrogen-bond donors (Lipinski definition) is 2. The minimum absolute atomic E-state index is 0. The molecule has 1 aromatic heterocycles. The molecule has 8 nitrogen and oxygen atoms in total. The van der Waals surface area contributed by atoms with Gasteiger partial charge >= 0.3 is 0 Å². The number of carbonyl (C=O) groups excluding carboxylic acids is 1. The molecule has 1 atom stereocenters. The smallest absolute Gasteiger partial charge is 0.229 e. The summed E-state index contributed by atoms with van der Waals surface area (Å²) in [6, 6.07) is 13.8. The number of halogens is 1. The SMILES string of the molecule is CN=C(NCc1cccnc1N1CCOCC1)NC1CC(=O)N(c2ccccc2)C1.I. The molecule has 2 fully saturated rings. The van der Waals surface area contributed by atoms with Gasteiger partial charge in [0.2, 0.25) is 5.91 Å². The topological polar surface area (TPSA) is 82.1 Å². The van der Waals surface area contributed by atoms with E-state index in [4.69, 9.17) is 4.74 Å². The van der Waals surface area contributed by atoms with Crippen molar-refractivity contribution in [3.05, 3.63) is 54.2 Å². The molecule has 0 radical (unpaired) electrons. The van der Waals surface area contributed by atoms with Crippen LogP contribution in [0.4, 0.5) is 11.5 Å². The Balaban J connectivity index is 0.00000272. The number of carbonyl (C=O) groups is 1. The van der Waals surface area contributed by atoms with Crippen LogP contribution in [-0.2, 0) is 16.1 Å². The quantitative estimate of drug-likeness (QED) is 0.346. The second-order valence-corrected chi connectivity index (χ2v) is 7.40.